The zero-order valence-corrected chi connectivity index (χ0v) is 30.7. The van der Waals surface area contributed by atoms with Crippen molar-refractivity contribution in [3.8, 4) is 55.8 Å². The molecule has 0 unspecified atom stereocenters. The normalized spacial score (nSPS) is 11.2. The van der Waals surface area contributed by atoms with Crippen molar-refractivity contribution in [1.29, 1.82) is 0 Å². The van der Waals surface area contributed by atoms with Crippen LogP contribution in [0.15, 0.2) is 229 Å². The van der Waals surface area contributed by atoms with Crippen LogP contribution in [0.25, 0.3) is 77.6 Å². The highest BCUT2D eigenvalue weighted by Crippen LogP contribution is 2.43. The lowest BCUT2D eigenvalue weighted by Gasteiger charge is -2.27. The van der Waals surface area contributed by atoms with Crippen LogP contribution in [0.4, 0.5) is 17.1 Å². The summed E-state index contributed by atoms with van der Waals surface area (Å²) < 4.78 is 6.45. The summed E-state index contributed by atoms with van der Waals surface area (Å²) in [7, 11) is 0. The summed E-state index contributed by atoms with van der Waals surface area (Å²) in [6.07, 6.45) is 0. The fourth-order valence-corrected chi connectivity index (χ4v) is 7.83. The van der Waals surface area contributed by atoms with Crippen molar-refractivity contribution in [2.75, 3.05) is 4.90 Å². The lowest BCUT2D eigenvalue weighted by Crippen LogP contribution is -2.11. The highest BCUT2D eigenvalue weighted by Gasteiger charge is 2.19. The monoisotopic (exact) mass is 715 g/mol. The van der Waals surface area contributed by atoms with Gasteiger partial charge in [-0.25, -0.2) is 0 Å². The highest BCUT2D eigenvalue weighted by atomic mass is 16.3. The average molecular weight is 716 g/mol. The van der Waals surface area contributed by atoms with Crippen LogP contribution >= 0.6 is 0 Å². The molecule has 10 aromatic rings. The molecular weight excluding hydrogens is 679 g/mol. The summed E-state index contributed by atoms with van der Waals surface area (Å²) >= 11 is 0. The van der Waals surface area contributed by atoms with Gasteiger partial charge in [0.2, 0.25) is 0 Å². The third kappa shape index (κ3) is 6.34. The number of hydrogen-bond donors (Lipinski definition) is 0. The Morgan fingerprint density at radius 1 is 0.304 bits per heavy atom. The minimum Gasteiger partial charge on any atom is -0.456 e. The van der Waals surface area contributed by atoms with Crippen molar-refractivity contribution in [2.24, 2.45) is 0 Å². The number of benzene rings is 9. The molecule has 0 fully saturated rings. The zero-order valence-electron chi connectivity index (χ0n) is 30.7. The third-order valence-electron chi connectivity index (χ3n) is 10.7. The van der Waals surface area contributed by atoms with Crippen LogP contribution in [0, 0.1) is 0 Å². The van der Waals surface area contributed by atoms with Gasteiger partial charge < -0.3 is 9.32 Å². The second kappa shape index (κ2) is 14.4. The van der Waals surface area contributed by atoms with Gasteiger partial charge in [-0.05, 0) is 104 Å². The Hall–Kier alpha value is -7.42. The first-order chi connectivity index (χ1) is 27.7. The van der Waals surface area contributed by atoms with Crippen molar-refractivity contribution >= 4 is 38.8 Å². The summed E-state index contributed by atoms with van der Waals surface area (Å²) in [6, 6.07) is 80.0. The lowest BCUT2D eigenvalue weighted by molar-refractivity contribution is 0.631. The summed E-state index contributed by atoms with van der Waals surface area (Å²) in [5, 5.41) is 3.61. The predicted octanol–water partition coefficient (Wildman–Crippen LogP) is 15.4. The summed E-state index contributed by atoms with van der Waals surface area (Å²) in [6.45, 7) is 0. The van der Waals surface area contributed by atoms with E-state index in [0.717, 1.165) is 44.9 Å². The fourth-order valence-electron chi connectivity index (χ4n) is 7.83. The maximum atomic E-state index is 6.45. The zero-order chi connectivity index (χ0) is 37.3. The van der Waals surface area contributed by atoms with Crippen LogP contribution in [-0.4, -0.2) is 0 Å². The first-order valence-electron chi connectivity index (χ1n) is 19.1. The van der Waals surface area contributed by atoms with Gasteiger partial charge in [0.15, 0.2) is 0 Å². The molecule has 1 aromatic heterocycles. The summed E-state index contributed by atoms with van der Waals surface area (Å²) in [5.41, 5.74) is 14.7. The van der Waals surface area contributed by atoms with E-state index >= 15 is 0 Å². The topological polar surface area (TPSA) is 16.4 Å². The molecule has 0 saturated carbocycles. The van der Waals surface area contributed by atoms with E-state index < -0.39 is 0 Å². The van der Waals surface area contributed by atoms with E-state index in [2.05, 4.69) is 217 Å². The van der Waals surface area contributed by atoms with Crippen LogP contribution in [0.3, 0.4) is 0 Å². The lowest BCUT2D eigenvalue weighted by atomic mass is 9.96. The standard InChI is InChI=1S/C54H37NO/c1-2-11-38(12-3-1)39-21-23-40(24-22-39)42-29-33-47(34-30-42)55(52-19-8-7-17-51(52)54-37-46-14-5-9-20-53(46)56-54)48-35-31-43(32-36-48)41-25-27-45(28-26-41)50-18-10-15-44-13-4-6-16-49(44)50/h1-37H. The van der Waals surface area contributed by atoms with E-state index in [0.29, 0.717) is 0 Å². The Morgan fingerprint density at radius 3 is 1.38 bits per heavy atom. The number of rotatable bonds is 8. The van der Waals surface area contributed by atoms with E-state index in [1.807, 2.05) is 12.1 Å². The smallest absolute Gasteiger partial charge is 0.137 e. The Bertz CT molecular complexity index is 2890. The van der Waals surface area contributed by atoms with Gasteiger partial charge in [0.1, 0.15) is 11.3 Å². The first kappa shape index (κ1) is 33.2. The van der Waals surface area contributed by atoms with Gasteiger partial charge in [-0.15, -0.1) is 0 Å². The van der Waals surface area contributed by atoms with Gasteiger partial charge in [0.05, 0.1) is 5.69 Å². The minimum absolute atomic E-state index is 0.838. The van der Waals surface area contributed by atoms with Gasteiger partial charge in [0.25, 0.3) is 0 Å². The average Bonchev–Trinajstić information content (AvgIpc) is 3.72. The van der Waals surface area contributed by atoms with Crippen molar-refractivity contribution in [3.63, 3.8) is 0 Å². The minimum atomic E-state index is 0.838. The van der Waals surface area contributed by atoms with Gasteiger partial charge in [-0.2, -0.15) is 0 Å². The first-order valence-corrected chi connectivity index (χ1v) is 19.1. The second-order valence-corrected chi connectivity index (χ2v) is 14.1. The van der Waals surface area contributed by atoms with E-state index in [4.69, 9.17) is 4.42 Å². The molecule has 0 radical (unpaired) electrons. The molecule has 0 N–H and O–H groups in total. The fraction of sp³-hybridized carbons (Fsp3) is 0. The van der Waals surface area contributed by atoms with E-state index in [1.54, 1.807) is 0 Å². The molecule has 264 valence electrons. The molecule has 56 heavy (non-hydrogen) atoms. The van der Waals surface area contributed by atoms with E-state index in [-0.39, 0.29) is 0 Å². The molecule has 0 aliphatic heterocycles. The van der Waals surface area contributed by atoms with Crippen molar-refractivity contribution in [2.45, 2.75) is 0 Å². The molecule has 0 spiro atoms. The van der Waals surface area contributed by atoms with Gasteiger partial charge in [0, 0.05) is 22.3 Å². The number of anilines is 3. The maximum Gasteiger partial charge on any atom is 0.137 e. The summed E-state index contributed by atoms with van der Waals surface area (Å²) in [4.78, 5) is 2.33. The Balaban J connectivity index is 1.01. The summed E-state index contributed by atoms with van der Waals surface area (Å²) in [5.74, 6) is 0.838. The van der Waals surface area contributed by atoms with Crippen molar-refractivity contribution in [1.82, 2.24) is 0 Å². The number of hydrogen-bond acceptors (Lipinski definition) is 2. The molecule has 2 nitrogen and oxygen atoms in total. The Kier molecular flexibility index (Phi) is 8.55. The molecule has 0 aliphatic carbocycles. The van der Waals surface area contributed by atoms with Crippen molar-refractivity contribution < 1.29 is 4.42 Å². The highest BCUT2D eigenvalue weighted by molar-refractivity contribution is 5.97. The van der Waals surface area contributed by atoms with E-state index in [9.17, 15) is 0 Å². The second-order valence-electron chi connectivity index (χ2n) is 14.1. The SMILES string of the molecule is c1ccc(-c2ccc(-c3ccc(N(c4ccc(-c5ccc(-c6cccc7ccccc67)cc5)cc4)c4ccccc4-c4cc5ccccc5o4)cc3)cc2)cc1. The quantitative estimate of drug-likeness (QED) is 0.156. The van der Waals surface area contributed by atoms with Crippen LogP contribution in [-0.2, 0) is 0 Å². The van der Waals surface area contributed by atoms with Crippen LogP contribution < -0.4 is 4.90 Å². The Labute approximate surface area is 327 Å². The third-order valence-corrected chi connectivity index (χ3v) is 10.7. The number of fused-ring (bicyclic) bond motifs is 2. The van der Waals surface area contributed by atoms with Gasteiger partial charge >= 0.3 is 0 Å². The molecule has 1 heterocycles. The van der Waals surface area contributed by atoms with Crippen LogP contribution in [0.1, 0.15) is 0 Å². The molecule has 0 saturated heterocycles. The molecule has 10 rings (SSSR count). The molecule has 0 atom stereocenters. The number of para-hydroxylation sites is 2. The molecule has 9 aromatic carbocycles. The van der Waals surface area contributed by atoms with Crippen LogP contribution in [0.5, 0.6) is 0 Å². The molecule has 0 bridgehead atoms. The van der Waals surface area contributed by atoms with Crippen LogP contribution in [0.2, 0.25) is 0 Å². The van der Waals surface area contributed by atoms with E-state index in [1.165, 1.54) is 49.7 Å². The molecule has 0 aliphatic rings. The Morgan fingerprint density at radius 2 is 0.750 bits per heavy atom. The largest absolute Gasteiger partial charge is 0.456 e. The predicted molar refractivity (Wildman–Crippen MR) is 236 cm³/mol. The molecule has 0 amide bonds. The van der Waals surface area contributed by atoms with Gasteiger partial charge in [-0.3, -0.25) is 0 Å². The maximum absolute atomic E-state index is 6.45. The molecular formula is C54H37NO. The number of furan rings is 1. The van der Waals surface area contributed by atoms with Crippen molar-refractivity contribution in [3.05, 3.63) is 224 Å². The number of nitrogens with zero attached hydrogens (tertiary/aromatic N) is 1. The van der Waals surface area contributed by atoms with Gasteiger partial charge in [-0.1, -0.05) is 176 Å². The molecule has 2 heteroatoms.